The van der Waals surface area contributed by atoms with Crippen LogP contribution in [0.4, 0.5) is 0 Å². The molecule has 0 saturated heterocycles. The highest BCUT2D eigenvalue weighted by Gasteiger charge is 2.24. The highest BCUT2D eigenvalue weighted by molar-refractivity contribution is 6.18. The van der Waals surface area contributed by atoms with Crippen LogP contribution in [-0.2, 0) is 19.1 Å². The van der Waals surface area contributed by atoms with Gasteiger partial charge in [0.05, 0.1) is 5.88 Å². The van der Waals surface area contributed by atoms with Gasteiger partial charge in [-0.1, -0.05) is 6.58 Å². The van der Waals surface area contributed by atoms with Gasteiger partial charge in [0.25, 0.3) is 6.29 Å². The number of rotatable bonds is 5. The summed E-state index contributed by atoms with van der Waals surface area (Å²) in [6.45, 7) is 4.27. The fourth-order valence-electron chi connectivity index (χ4n) is 0.580. The van der Waals surface area contributed by atoms with Crippen LogP contribution in [0.2, 0.25) is 0 Å². The van der Waals surface area contributed by atoms with Gasteiger partial charge in [-0.05, 0) is 0 Å². The van der Waals surface area contributed by atoms with Crippen LogP contribution in [0.3, 0.4) is 0 Å². The maximum atomic E-state index is 10.7. The zero-order valence-electron chi connectivity index (χ0n) is 7.60. The fraction of sp³-hybridized carbons (Fsp3) is 0.500. The molecule has 0 aromatic heterocycles. The molecule has 0 rings (SSSR count). The molecule has 1 N–H and O–H groups in total. The molecule has 5 nitrogen and oxygen atoms in total. The summed E-state index contributed by atoms with van der Waals surface area (Å²) in [5.41, 5.74) is 0. The van der Waals surface area contributed by atoms with Crippen LogP contribution in [0, 0.1) is 0 Å². The van der Waals surface area contributed by atoms with E-state index in [1.165, 1.54) is 0 Å². The zero-order valence-corrected chi connectivity index (χ0v) is 8.36. The smallest absolute Gasteiger partial charge is 0.333 e. The van der Waals surface area contributed by atoms with Crippen LogP contribution in [-0.4, -0.2) is 35.3 Å². The number of aliphatic hydroxyl groups excluding tert-OH is 1. The molecule has 0 aliphatic rings. The van der Waals surface area contributed by atoms with Crippen molar-refractivity contribution in [3.63, 3.8) is 0 Å². The van der Waals surface area contributed by atoms with Crippen LogP contribution < -0.4 is 0 Å². The van der Waals surface area contributed by atoms with E-state index in [1.807, 2.05) is 0 Å². The van der Waals surface area contributed by atoms with Crippen LogP contribution in [0.25, 0.3) is 0 Å². The number of halogens is 1. The summed E-state index contributed by atoms with van der Waals surface area (Å²) in [6, 6.07) is 0. The predicted molar refractivity (Wildman–Crippen MR) is 48.6 cm³/mol. The lowest BCUT2D eigenvalue weighted by Gasteiger charge is -2.19. The summed E-state index contributed by atoms with van der Waals surface area (Å²) >= 11 is 5.30. The molecule has 2 atom stereocenters. The first-order valence-corrected chi connectivity index (χ1v) is 4.29. The lowest BCUT2D eigenvalue weighted by Crippen LogP contribution is -2.35. The first-order chi connectivity index (χ1) is 6.51. The van der Waals surface area contributed by atoms with Crippen molar-refractivity contribution in [1.82, 2.24) is 0 Å². The lowest BCUT2D eigenvalue weighted by atomic mass is 10.4. The molecule has 0 aromatic carbocycles. The number of aliphatic hydroxyl groups is 1. The van der Waals surface area contributed by atoms with E-state index in [1.54, 1.807) is 0 Å². The van der Waals surface area contributed by atoms with Gasteiger partial charge in [-0.2, -0.15) is 0 Å². The first-order valence-electron chi connectivity index (χ1n) is 3.75. The molecule has 0 bridgehead atoms. The van der Waals surface area contributed by atoms with Crippen molar-refractivity contribution in [2.75, 3.05) is 5.88 Å². The standard InChI is InChI=1S/C8H11ClO5/c1-3-7(12)14-8(6(11)4-9)13-5(2)10/h3,6,8,11H,1,4H2,2H3. The molecule has 0 heterocycles. The Morgan fingerprint density at radius 2 is 2.14 bits per heavy atom. The van der Waals surface area contributed by atoms with Gasteiger partial charge in [-0.25, -0.2) is 4.79 Å². The number of alkyl halides is 1. The van der Waals surface area contributed by atoms with E-state index in [9.17, 15) is 14.7 Å². The second kappa shape index (κ2) is 6.39. The molecule has 0 aromatic rings. The van der Waals surface area contributed by atoms with Gasteiger partial charge in [0.2, 0.25) is 0 Å². The van der Waals surface area contributed by atoms with Gasteiger partial charge in [-0.15, -0.1) is 11.6 Å². The SMILES string of the molecule is C=CC(=O)OC(OC(C)=O)C(O)CCl. The number of carbonyl (C=O) groups is 2. The summed E-state index contributed by atoms with van der Waals surface area (Å²) in [6.07, 6.45) is -1.77. The second-order valence-electron chi connectivity index (χ2n) is 2.34. The Morgan fingerprint density at radius 3 is 2.50 bits per heavy atom. The summed E-state index contributed by atoms with van der Waals surface area (Å²) in [7, 11) is 0. The maximum Gasteiger partial charge on any atom is 0.333 e. The molecule has 0 fully saturated rings. The van der Waals surface area contributed by atoms with E-state index in [0.717, 1.165) is 13.0 Å². The van der Waals surface area contributed by atoms with Crippen LogP contribution >= 0.6 is 11.6 Å². The Kier molecular flexibility index (Phi) is 5.91. The van der Waals surface area contributed by atoms with Gasteiger partial charge in [0, 0.05) is 13.0 Å². The number of hydrogen-bond acceptors (Lipinski definition) is 5. The molecular weight excluding hydrogens is 212 g/mol. The molecule has 0 amide bonds. The Hall–Kier alpha value is -1.07. The molecule has 0 spiro atoms. The summed E-state index contributed by atoms with van der Waals surface area (Å²) in [5, 5.41) is 9.19. The van der Waals surface area contributed by atoms with Crippen LogP contribution in [0.1, 0.15) is 6.92 Å². The Bertz CT molecular complexity index is 228. The monoisotopic (exact) mass is 222 g/mol. The highest BCUT2D eigenvalue weighted by Crippen LogP contribution is 2.05. The van der Waals surface area contributed by atoms with Gasteiger partial charge < -0.3 is 14.6 Å². The minimum Gasteiger partial charge on any atom is -0.422 e. The summed E-state index contributed by atoms with van der Waals surface area (Å²) < 4.78 is 9.04. The third-order valence-corrected chi connectivity index (χ3v) is 1.47. The van der Waals surface area contributed by atoms with Crippen molar-refractivity contribution in [1.29, 1.82) is 0 Å². The average molecular weight is 223 g/mol. The average Bonchev–Trinajstić information content (AvgIpc) is 2.14. The van der Waals surface area contributed by atoms with Crippen molar-refractivity contribution >= 4 is 23.5 Å². The number of ether oxygens (including phenoxy) is 2. The summed E-state index contributed by atoms with van der Waals surface area (Å²) in [5.74, 6) is -1.71. The lowest BCUT2D eigenvalue weighted by molar-refractivity contribution is -0.199. The third-order valence-electron chi connectivity index (χ3n) is 1.15. The van der Waals surface area contributed by atoms with E-state index in [0.29, 0.717) is 0 Å². The maximum absolute atomic E-state index is 10.7. The van der Waals surface area contributed by atoms with Gasteiger partial charge >= 0.3 is 11.9 Å². The van der Waals surface area contributed by atoms with Gasteiger partial charge in [0.1, 0.15) is 6.10 Å². The minimum absolute atomic E-state index is 0.220. The van der Waals surface area contributed by atoms with E-state index in [-0.39, 0.29) is 5.88 Å². The predicted octanol–water partition coefficient (Wildman–Crippen LogP) is 0.204. The van der Waals surface area contributed by atoms with E-state index >= 15 is 0 Å². The van der Waals surface area contributed by atoms with Crippen LogP contribution in [0.15, 0.2) is 12.7 Å². The van der Waals surface area contributed by atoms with E-state index in [4.69, 9.17) is 11.6 Å². The van der Waals surface area contributed by atoms with Crippen molar-refractivity contribution in [3.8, 4) is 0 Å². The van der Waals surface area contributed by atoms with E-state index < -0.39 is 24.3 Å². The fourth-order valence-corrected chi connectivity index (χ4v) is 0.726. The van der Waals surface area contributed by atoms with Crippen molar-refractivity contribution in [2.24, 2.45) is 0 Å². The number of hydrogen-bond donors (Lipinski definition) is 1. The molecule has 0 aliphatic carbocycles. The third kappa shape index (κ3) is 4.84. The Labute approximate surface area is 86.3 Å². The zero-order chi connectivity index (χ0) is 11.1. The molecule has 0 saturated carbocycles. The molecule has 0 radical (unpaired) electrons. The van der Waals surface area contributed by atoms with E-state index in [2.05, 4.69) is 16.1 Å². The minimum atomic E-state index is -1.39. The molecule has 80 valence electrons. The number of esters is 2. The van der Waals surface area contributed by atoms with Crippen LogP contribution in [0.5, 0.6) is 0 Å². The molecule has 6 heteroatoms. The van der Waals surface area contributed by atoms with Crippen molar-refractivity contribution in [3.05, 3.63) is 12.7 Å². The molecular formula is C8H11ClO5. The largest absolute Gasteiger partial charge is 0.422 e. The van der Waals surface area contributed by atoms with Gasteiger partial charge in [-0.3, -0.25) is 4.79 Å². The highest BCUT2D eigenvalue weighted by atomic mass is 35.5. The molecule has 0 aliphatic heterocycles. The van der Waals surface area contributed by atoms with Crippen molar-refractivity contribution < 1.29 is 24.2 Å². The number of carbonyl (C=O) groups excluding carboxylic acids is 2. The Balaban J connectivity index is 4.30. The van der Waals surface area contributed by atoms with Gasteiger partial charge in [0.15, 0.2) is 0 Å². The first kappa shape index (κ1) is 12.9. The Morgan fingerprint density at radius 1 is 1.57 bits per heavy atom. The molecule has 2 unspecified atom stereocenters. The normalized spacial score (nSPS) is 13.9. The quantitative estimate of drug-likeness (QED) is 0.312. The van der Waals surface area contributed by atoms with Crippen molar-refractivity contribution in [2.45, 2.75) is 19.3 Å². The summed E-state index contributed by atoms with van der Waals surface area (Å²) in [4.78, 5) is 21.3. The second-order valence-corrected chi connectivity index (χ2v) is 2.65. The molecule has 14 heavy (non-hydrogen) atoms. The topological polar surface area (TPSA) is 72.8 Å².